The van der Waals surface area contributed by atoms with Gasteiger partial charge in [0.25, 0.3) is 0 Å². The molecule has 1 aromatic rings. The first-order valence-electron chi connectivity index (χ1n) is 7.50. The molecule has 0 bridgehead atoms. The van der Waals surface area contributed by atoms with Gasteiger partial charge in [-0.1, -0.05) is 0 Å². The second-order valence-corrected chi connectivity index (χ2v) is 5.63. The van der Waals surface area contributed by atoms with Crippen LogP contribution in [0, 0.1) is 0 Å². The molecule has 2 amide bonds. The molecular weight excluding hydrogens is 272 g/mol. The predicted molar refractivity (Wildman–Crippen MR) is 75.5 cm³/mol. The number of carbonyl (C=O) groups excluding carboxylic acids is 1. The van der Waals surface area contributed by atoms with Crippen LogP contribution in [0.3, 0.4) is 0 Å². The number of carbonyl (C=O) groups is 2. The molecule has 2 aliphatic heterocycles. The normalized spacial score (nSPS) is 19.0. The van der Waals surface area contributed by atoms with Crippen LogP contribution in [0.2, 0.25) is 0 Å². The van der Waals surface area contributed by atoms with Crippen LogP contribution >= 0.6 is 0 Å². The van der Waals surface area contributed by atoms with Crippen LogP contribution in [0.25, 0.3) is 0 Å². The number of nitrogens with zero attached hydrogens (tertiary/aromatic N) is 4. The van der Waals surface area contributed by atoms with Crippen molar-refractivity contribution >= 4 is 12.1 Å². The molecule has 0 saturated carbocycles. The third kappa shape index (κ3) is 2.72. The fourth-order valence-corrected chi connectivity index (χ4v) is 3.07. The van der Waals surface area contributed by atoms with Crippen LogP contribution in [0.1, 0.15) is 30.5 Å². The number of piperidine rings is 1. The Hall–Kier alpha value is -2.05. The predicted octanol–water partition coefficient (Wildman–Crippen LogP) is 1.42. The molecule has 1 fully saturated rings. The fraction of sp³-hybridized carbons (Fsp3) is 0.643. The minimum atomic E-state index is -0.901. The summed E-state index contributed by atoms with van der Waals surface area (Å²) in [7, 11) is 0. The molecule has 1 N–H and O–H groups in total. The van der Waals surface area contributed by atoms with Crippen LogP contribution in [0.15, 0.2) is 6.20 Å². The Morgan fingerprint density at radius 2 is 1.71 bits per heavy atom. The average Bonchev–Trinajstić information content (AvgIpc) is 2.78. The first-order chi connectivity index (χ1) is 10.2. The van der Waals surface area contributed by atoms with Crippen LogP contribution in [-0.2, 0) is 12.8 Å². The lowest BCUT2D eigenvalue weighted by Crippen LogP contribution is -2.40. The number of amides is 2. The van der Waals surface area contributed by atoms with Gasteiger partial charge in [-0.3, -0.25) is 0 Å². The molecule has 0 radical (unpaired) electrons. The highest BCUT2D eigenvalue weighted by atomic mass is 16.4. The first-order valence-corrected chi connectivity index (χ1v) is 7.50. The van der Waals surface area contributed by atoms with Crippen LogP contribution in [-0.4, -0.2) is 63.0 Å². The number of carboxylic acid groups (broad SMARTS) is 1. The maximum atomic E-state index is 12.6. The molecule has 7 nitrogen and oxygen atoms in total. The van der Waals surface area contributed by atoms with Crippen LogP contribution in [0.5, 0.6) is 0 Å². The molecule has 0 aliphatic carbocycles. The molecule has 0 aromatic carbocycles. The van der Waals surface area contributed by atoms with Crippen molar-refractivity contribution in [1.29, 1.82) is 0 Å². The number of hydrogen-bond acceptors (Lipinski definition) is 3. The van der Waals surface area contributed by atoms with Gasteiger partial charge in [-0.2, -0.15) is 9.78 Å². The highest BCUT2D eigenvalue weighted by Crippen LogP contribution is 2.18. The molecule has 0 atom stereocenters. The maximum Gasteiger partial charge on any atom is 0.407 e. The van der Waals surface area contributed by atoms with Crippen molar-refractivity contribution in [3.63, 3.8) is 0 Å². The highest BCUT2D eigenvalue weighted by molar-refractivity contribution is 5.77. The Morgan fingerprint density at radius 3 is 2.43 bits per heavy atom. The molecule has 114 valence electrons. The van der Waals surface area contributed by atoms with E-state index >= 15 is 0 Å². The lowest BCUT2D eigenvalue weighted by molar-refractivity contribution is 0.147. The average molecular weight is 292 g/mol. The summed E-state index contributed by atoms with van der Waals surface area (Å²) in [5.74, 6) is 0. The minimum absolute atomic E-state index is 0.0697. The fourth-order valence-electron chi connectivity index (χ4n) is 3.07. The number of aromatic nitrogens is 2. The summed E-state index contributed by atoms with van der Waals surface area (Å²) in [5.41, 5.74) is 1.86. The number of likely N-dealkylation sites (tertiary alicyclic amines) is 1. The van der Waals surface area contributed by atoms with E-state index in [0.29, 0.717) is 25.9 Å². The largest absolute Gasteiger partial charge is 0.465 e. The van der Waals surface area contributed by atoms with Crippen molar-refractivity contribution < 1.29 is 14.7 Å². The van der Waals surface area contributed by atoms with Gasteiger partial charge < -0.3 is 14.9 Å². The summed E-state index contributed by atoms with van der Waals surface area (Å²) in [5, 5.41) is 13.3. The molecule has 0 unspecified atom stereocenters. The topological polar surface area (TPSA) is 78.7 Å². The van der Waals surface area contributed by atoms with E-state index in [2.05, 4.69) is 5.10 Å². The van der Waals surface area contributed by atoms with E-state index in [0.717, 1.165) is 37.2 Å². The van der Waals surface area contributed by atoms with Gasteiger partial charge in [0, 0.05) is 32.6 Å². The van der Waals surface area contributed by atoms with Crippen LogP contribution < -0.4 is 0 Å². The third-order valence-corrected chi connectivity index (χ3v) is 4.30. The molecule has 1 saturated heterocycles. The van der Waals surface area contributed by atoms with E-state index in [1.165, 1.54) is 16.0 Å². The van der Waals surface area contributed by atoms with Gasteiger partial charge in [-0.25, -0.2) is 9.59 Å². The van der Waals surface area contributed by atoms with Crippen LogP contribution in [0.4, 0.5) is 9.59 Å². The van der Waals surface area contributed by atoms with E-state index in [1.807, 2.05) is 4.90 Å². The summed E-state index contributed by atoms with van der Waals surface area (Å²) in [6.07, 6.45) is 5.24. The summed E-state index contributed by atoms with van der Waals surface area (Å²) in [6.45, 7) is 2.46. The Morgan fingerprint density at radius 1 is 1.00 bits per heavy atom. The standard InChI is InChI=1S/C14H20N4O3/c19-13(16-6-2-1-3-7-16)18-12-5-9-17(14(20)21)8-4-11(12)10-15-18/h10H,1-9H2,(H,20,21). The van der Waals surface area contributed by atoms with Gasteiger partial charge in [0.15, 0.2) is 0 Å². The SMILES string of the molecule is O=C(O)N1CCc2cnn(C(=O)N3CCCCC3)c2CC1. The molecule has 3 heterocycles. The van der Waals surface area contributed by atoms with Crippen molar-refractivity contribution in [2.24, 2.45) is 0 Å². The lowest BCUT2D eigenvalue weighted by atomic mass is 10.1. The summed E-state index contributed by atoms with van der Waals surface area (Å²) < 4.78 is 1.48. The zero-order valence-corrected chi connectivity index (χ0v) is 12.0. The zero-order valence-electron chi connectivity index (χ0n) is 12.0. The Labute approximate surface area is 123 Å². The summed E-state index contributed by atoms with van der Waals surface area (Å²) in [6, 6.07) is -0.0697. The molecule has 7 heteroatoms. The van der Waals surface area contributed by atoms with Gasteiger partial charge in [-0.05, 0) is 31.2 Å². The third-order valence-electron chi connectivity index (χ3n) is 4.30. The van der Waals surface area contributed by atoms with Gasteiger partial charge in [0.1, 0.15) is 0 Å². The molecule has 21 heavy (non-hydrogen) atoms. The number of hydrogen-bond donors (Lipinski definition) is 1. The van der Waals surface area contributed by atoms with Gasteiger partial charge in [-0.15, -0.1) is 0 Å². The second-order valence-electron chi connectivity index (χ2n) is 5.63. The Bertz CT molecular complexity index is 548. The van der Waals surface area contributed by atoms with E-state index in [9.17, 15) is 9.59 Å². The highest BCUT2D eigenvalue weighted by Gasteiger charge is 2.26. The molecule has 3 rings (SSSR count). The summed E-state index contributed by atoms with van der Waals surface area (Å²) >= 11 is 0. The first kappa shape index (κ1) is 13.9. The number of fused-ring (bicyclic) bond motifs is 1. The van der Waals surface area contributed by atoms with Gasteiger partial charge in [0.2, 0.25) is 0 Å². The van der Waals surface area contributed by atoms with Crippen molar-refractivity contribution in [3.8, 4) is 0 Å². The van der Waals surface area contributed by atoms with Gasteiger partial charge in [0.05, 0.1) is 11.9 Å². The monoisotopic (exact) mass is 292 g/mol. The quantitative estimate of drug-likeness (QED) is 0.784. The van der Waals surface area contributed by atoms with Gasteiger partial charge >= 0.3 is 12.1 Å². The van der Waals surface area contributed by atoms with Crippen molar-refractivity contribution in [2.75, 3.05) is 26.2 Å². The number of rotatable bonds is 0. The van der Waals surface area contributed by atoms with Crippen molar-refractivity contribution in [2.45, 2.75) is 32.1 Å². The zero-order chi connectivity index (χ0) is 14.8. The second kappa shape index (κ2) is 5.75. The van der Waals surface area contributed by atoms with E-state index in [4.69, 9.17) is 5.11 Å². The molecule has 1 aromatic heterocycles. The minimum Gasteiger partial charge on any atom is -0.465 e. The van der Waals surface area contributed by atoms with E-state index in [1.54, 1.807) is 6.20 Å². The van der Waals surface area contributed by atoms with E-state index in [-0.39, 0.29) is 6.03 Å². The van der Waals surface area contributed by atoms with Crippen molar-refractivity contribution in [3.05, 3.63) is 17.5 Å². The maximum absolute atomic E-state index is 12.6. The summed E-state index contributed by atoms with van der Waals surface area (Å²) in [4.78, 5) is 26.9. The Balaban J connectivity index is 1.78. The van der Waals surface area contributed by atoms with Crippen molar-refractivity contribution in [1.82, 2.24) is 19.6 Å². The smallest absolute Gasteiger partial charge is 0.407 e. The molecular formula is C14H20N4O3. The Kier molecular flexibility index (Phi) is 3.81. The lowest BCUT2D eigenvalue weighted by Gasteiger charge is -2.26. The molecule has 2 aliphatic rings. The molecule has 0 spiro atoms. The van der Waals surface area contributed by atoms with E-state index < -0.39 is 6.09 Å².